The SMILES string of the molecule is N#Cn1cccc1[N+](=O)[O-]. The number of aromatic nitrogens is 1. The lowest BCUT2D eigenvalue weighted by Crippen LogP contribution is -1.94. The van der Waals surface area contributed by atoms with Gasteiger partial charge in [-0.3, -0.25) is 0 Å². The maximum Gasteiger partial charge on any atom is 0.337 e. The fourth-order valence-corrected chi connectivity index (χ4v) is 0.605. The van der Waals surface area contributed by atoms with Crippen LogP contribution < -0.4 is 0 Å². The first kappa shape index (κ1) is 6.29. The zero-order chi connectivity index (χ0) is 7.56. The molecule has 1 rings (SSSR count). The van der Waals surface area contributed by atoms with Crippen LogP contribution >= 0.6 is 0 Å². The zero-order valence-corrected chi connectivity index (χ0v) is 4.89. The molecule has 0 saturated heterocycles. The average molecular weight is 137 g/mol. The molecule has 50 valence electrons. The smallest absolute Gasteiger partial charge is 0.337 e. The quantitative estimate of drug-likeness (QED) is 0.423. The van der Waals surface area contributed by atoms with Crippen LogP contribution in [0.5, 0.6) is 0 Å². The number of hydrogen-bond donors (Lipinski definition) is 0. The molecular weight excluding hydrogens is 134 g/mol. The molecule has 0 bridgehead atoms. The Labute approximate surface area is 56.3 Å². The van der Waals surface area contributed by atoms with Crippen molar-refractivity contribution in [2.75, 3.05) is 0 Å². The maximum absolute atomic E-state index is 10.1. The van der Waals surface area contributed by atoms with Gasteiger partial charge in [-0.1, -0.05) is 0 Å². The van der Waals surface area contributed by atoms with Gasteiger partial charge in [0.2, 0.25) is 0 Å². The first-order chi connectivity index (χ1) is 4.75. The van der Waals surface area contributed by atoms with Gasteiger partial charge in [0.25, 0.3) is 6.19 Å². The third-order valence-corrected chi connectivity index (χ3v) is 1.02. The van der Waals surface area contributed by atoms with E-state index in [0.717, 1.165) is 4.57 Å². The Morgan fingerprint density at radius 3 is 2.90 bits per heavy atom. The van der Waals surface area contributed by atoms with Crippen LogP contribution in [0.1, 0.15) is 0 Å². The molecule has 0 aliphatic carbocycles. The molecule has 0 saturated carbocycles. The molecule has 0 aromatic carbocycles. The minimum absolute atomic E-state index is 0.206. The van der Waals surface area contributed by atoms with Crippen molar-refractivity contribution in [3.05, 3.63) is 28.4 Å². The molecule has 1 heterocycles. The summed E-state index contributed by atoms with van der Waals surface area (Å²) in [6, 6.07) is 2.71. The molecule has 0 fully saturated rings. The van der Waals surface area contributed by atoms with Crippen LogP contribution in [-0.4, -0.2) is 9.49 Å². The highest BCUT2D eigenvalue weighted by Gasteiger charge is 2.09. The molecule has 0 aliphatic rings. The van der Waals surface area contributed by atoms with Crippen molar-refractivity contribution in [1.29, 1.82) is 5.26 Å². The lowest BCUT2D eigenvalue weighted by molar-refractivity contribution is -0.390. The van der Waals surface area contributed by atoms with E-state index in [1.807, 2.05) is 0 Å². The van der Waals surface area contributed by atoms with E-state index in [0.29, 0.717) is 0 Å². The summed E-state index contributed by atoms with van der Waals surface area (Å²) in [4.78, 5) is 9.47. The van der Waals surface area contributed by atoms with Gasteiger partial charge in [0.05, 0.1) is 0 Å². The number of nitro groups is 1. The summed E-state index contributed by atoms with van der Waals surface area (Å²) in [6.45, 7) is 0. The van der Waals surface area contributed by atoms with Gasteiger partial charge in [0, 0.05) is 6.07 Å². The third-order valence-electron chi connectivity index (χ3n) is 1.02. The molecule has 1 aromatic rings. The van der Waals surface area contributed by atoms with Crippen molar-refractivity contribution < 1.29 is 4.92 Å². The molecule has 1 aromatic heterocycles. The minimum Gasteiger partial charge on any atom is -0.358 e. The van der Waals surface area contributed by atoms with E-state index >= 15 is 0 Å². The van der Waals surface area contributed by atoms with Gasteiger partial charge in [-0.2, -0.15) is 0 Å². The molecular formula is C5H3N3O2. The molecule has 0 N–H and O–H groups in total. The van der Waals surface area contributed by atoms with Crippen LogP contribution in [0.4, 0.5) is 5.82 Å². The molecule has 0 radical (unpaired) electrons. The van der Waals surface area contributed by atoms with Crippen molar-refractivity contribution in [2.45, 2.75) is 0 Å². The highest BCUT2D eigenvalue weighted by molar-refractivity contribution is 5.24. The second-order valence-electron chi connectivity index (χ2n) is 1.59. The molecule has 5 heteroatoms. The fraction of sp³-hybridized carbons (Fsp3) is 0. The second kappa shape index (κ2) is 2.19. The topological polar surface area (TPSA) is 71.9 Å². The van der Waals surface area contributed by atoms with Gasteiger partial charge < -0.3 is 10.1 Å². The van der Waals surface area contributed by atoms with Gasteiger partial charge >= 0.3 is 5.82 Å². The summed E-state index contributed by atoms with van der Waals surface area (Å²) in [5.41, 5.74) is 0. The number of rotatable bonds is 1. The Morgan fingerprint density at radius 1 is 1.80 bits per heavy atom. The first-order valence-electron chi connectivity index (χ1n) is 2.47. The summed E-state index contributed by atoms with van der Waals surface area (Å²) in [5.74, 6) is -0.206. The van der Waals surface area contributed by atoms with Crippen LogP contribution in [0.3, 0.4) is 0 Å². The van der Waals surface area contributed by atoms with Crippen molar-refractivity contribution in [2.24, 2.45) is 0 Å². The maximum atomic E-state index is 10.1. The lowest BCUT2D eigenvalue weighted by Gasteiger charge is -1.88. The van der Waals surface area contributed by atoms with Crippen LogP contribution in [0.15, 0.2) is 18.3 Å². The summed E-state index contributed by atoms with van der Waals surface area (Å²) in [5, 5.41) is 18.3. The van der Waals surface area contributed by atoms with Gasteiger partial charge in [0.1, 0.15) is 6.20 Å². The van der Waals surface area contributed by atoms with Crippen molar-refractivity contribution in [3.63, 3.8) is 0 Å². The van der Waals surface area contributed by atoms with Crippen LogP contribution in [0, 0.1) is 21.6 Å². The molecule has 0 unspecified atom stereocenters. The Hall–Kier alpha value is -1.83. The molecule has 5 nitrogen and oxygen atoms in total. The van der Waals surface area contributed by atoms with Gasteiger partial charge in [-0.25, -0.2) is 0 Å². The summed E-state index contributed by atoms with van der Waals surface area (Å²) < 4.78 is 0.889. The molecule has 0 aliphatic heterocycles. The largest absolute Gasteiger partial charge is 0.358 e. The number of nitrogens with zero attached hydrogens (tertiary/aromatic N) is 3. The lowest BCUT2D eigenvalue weighted by atomic mass is 10.6. The second-order valence-corrected chi connectivity index (χ2v) is 1.59. The van der Waals surface area contributed by atoms with Crippen LogP contribution in [-0.2, 0) is 0 Å². The standard InChI is InChI=1S/C5H3N3O2/c6-4-7-3-1-2-5(7)8(9)10/h1-3H. The Balaban J connectivity index is 3.17. The van der Waals surface area contributed by atoms with E-state index in [4.69, 9.17) is 5.26 Å². The van der Waals surface area contributed by atoms with Gasteiger partial charge in [0.15, 0.2) is 0 Å². The van der Waals surface area contributed by atoms with E-state index in [1.54, 1.807) is 6.19 Å². The van der Waals surface area contributed by atoms with Crippen LogP contribution in [0.25, 0.3) is 0 Å². The number of nitriles is 1. The van der Waals surface area contributed by atoms with E-state index in [9.17, 15) is 10.1 Å². The fourth-order valence-electron chi connectivity index (χ4n) is 0.605. The van der Waals surface area contributed by atoms with Crippen LogP contribution in [0.2, 0.25) is 0 Å². The van der Waals surface area contributed by atoms with E-state index in [2.05, 4.69) is 0 Å². The molecule has 0 spiro atoms. The normalized spacial score (nSPS) is 8.70. The third kappa shape index (κ3) is 0.821. The Bertz CT molecular complexity index is 296. The molecule has 0 amide bonds. The monoisotopic (exact) mass is 137 g/mol. The Kier molecular flexibility index (Phi) is 1.38. The average Bonchev–Trinajstić information content (AvgIpc) is 2.33. The summed E-state index contributed by atoms with van der Waals surface area (Å²) in [6.07, 6.45) is 2.96. The van der Waals surface area contributed by atoms with E-state index < -0.39 is 4.92 Å². The van der Waals surface area contributed by atoms with Gasteiger partial charge in [-0.15, -0.1) is 9.83 Å². The minimum atomic E-state index is -0.608. The highest BCUT2D eigenvalue weighted by atomic mass is 16.6. The molecule has 10 heavy (non-hydrogen) atoms. The van der Waals surface area contributed by atoms with Crippen molar-refractivity contribution in [3.8, 4) is 6.19 Å². The predicted octanol–water partition coefficient (Wildman–Crippen LogP) is 0.725. The summed E-state index contributed by atoms with van der Waals surface area (Å²) in [7, 11) is 0. The highest BCUT2D eigenvalue weighted by Crippen LogP contribution is 2.09. The first-order valence-corrected chi connectivity index (χ1v) is 2.47. The van der Waals surface area contributed by atoms with Crippen molar-refractivity contribution >= 4 is 5.82 Å². The zero-order valence-electron chi connectivity index (χ0n) is 4.89. The van der Waals surface area contributed by atoms with E-state index in [-0.39, 0.29) is 5.82 Å². The number of hydrogen-bond acceptors (Lipinski definition) is 3. The van der Waals surface area contributed by atoms with E-state index in [1.165, 1.54) is 18.3 Å². The summed E-state index contributed by atoms with van der Waals surface area (Å²) >= 11 is 0. The van der Waals surface area contributed by atoms with Crippen molar-refractivity contribution in [1.82, 2.24) is 4.57 Å². The Morgan fingerprint density at radius 2 is 2.50 bits per heavy atom. The molecule has 0 atom stereocenters. The predicted molar refractivity (Wildman–Crippen MR) is 32.1 cm³/mol. The van der Waals surface area contributed by atoms with Gasteiger partial charge in [-0.05, 0) is 11.0 Å².